The first-order valence-electron chi connectivity index (χ1n) is 7.63. The van der Waals surface area contributed by atoms with Crippen LogP contribution in [0.1, 0.15) is 25.3 Å². The van der Waals surface area contributed by atoms with Gasteiger partial charge in [-0.25, -0.2) is 0 Å². The first kappa shape index (κ1) is 16.3. The predicted octanol–water partition coefficient (Wildman–Crippen LogP) is 2.20. The minimum absolute atomic E-state index is 0.0474. The number of carbonyl (C=O) groups is 2. The zero-order valence-corrected chi connectivity index (χ0v) is 13.1. The molecule has 1 amide bonds. The van der Waals surface area contributed by atoms with Crippen LogP contribution in [0.3, 0.4) is 0 Å². The number of aliphatic carboxylic acids is 1. The fourth-order valence-electron chi connectivity index (χ4n) is 2.93. The zero-order valence-electron chi connectivity index (χ0n) is 13.1. The Hall–Kier alpha value is -2.04. The highest BCUT2D eigenvalue weighted by Crippen LogP contribution is 2.24. The van der Waals surface area contributed by atoms with Gasteiger partial charge in [0.15, 0.2) is 0 Å². The van der Waals surface area contributed by atoms with Gasteiger partial charge in [-0.15, -0.1) is 0 Å². The quantitative estimate of drug-likeness (QED) is 0.875. The number of rotatable bonds is 6. The summed E-state index contributed by atoms with van der Waals surface area (Å²) in [5.74, 6) is -0.140. The number of carboxylic acids is 1. The number of carboxylic acid groups (broad SMARTS) is 1. The molecule has 5 heteroatoms. The summed E-state index contributed by atoms with van der Waals surface area (Å²) in [7, 11) is 1.64. The van der Waals surface area contributed by atoms with Crippen LogP contribution in [-0.4, -0.2) is 42.1 Å². The number of para-hydroxylation sites is 1. The highest BCUT2D eigenvalue weighted by molar-refractivity contribution is 5.79. The van der Waals surface area contributed by atoms with E-state index in [9.17, 15) is 9.59 Å². The number of nitrogens with zero attached hydrogens (tertiary/aromatic N) is 1. The van der Waals surface area contributed by atoms with Crippen molar-refractivity contribution >= 4 is 11.9 Å². The molecule has 1 aliphatic rings. The summed E-state index contributed by atoms with van der Waals surface area (Å²) >= 11 is 0. The van der Waals surface area contributed by atoms with Crippen molar-refractivity contribution in [3.8, 4) is 5.75 Å². The molecule has 0 aromatic heterocycles. The Bertz CT molecular complexity index is 543. The Kier molecular flexibility index (Phi) is 5.41. The molecule has 0 bridgehead atoms. The number of methoxy groups -OCH3 is 1. The molecule has 1 fully saturated rings. The molecule has 0 unspecified atom stereocenters. The third-order valence-corrected chi connectivity index (χ3v) is 4.17. The molecule has 1 saturated heterocycles. The normalized spacial score (nSPS) is 19.0. The molecule has 120 valence electrons. The molecule has 1 aromatic carbocycles. The molecule has 1 heterocycles. The van der Waals surface area contributed by atoms with Crippen LogP contribution in [-0.2, 0) is 16.0 Å². The van der Waals surface area contributed by atoms with E-state index in [1.807, 2.05) is 31.2 Å². The van der Waals surface area contributed by atoms with Gasteiger partial charge < -0.3 is 14.7 Å². The zero-order chi connectivity index (χ0) is 16.1. The summed E-state index contributed by atoms with van der Waals surface area (Å²) in [5, 5.41) is 9.00. The second kappa shape index (κ2) is 7.29. The Morgan fingerprint density at radius 1 is 1.41 bits per heavy atom. The molecular weight excluding hydrogens is 282 g/mol. The predicted molar refractivity (Wildman–Crippen MR) is 82.8 cm³/mol. The van der Waals surface area contributed by atoms with Gasteiger partial charge in [0.05, 0.1) is 13.0 Å². The summed E-state index contributed by atoms with van der Waals surface area (Å²) in [5.41, 5.74) is 1.09. The van der Waals surface area contributed by atoms with Crippen molar-refractivity contribution in [2.24, 2.45) is 11.8 Å². The summed E-state index contributed by atoms with van der Waals surface area (Å²) in [4.78, 5) is 24.9. The maximum atomic E-state index is 12.3. The van der Waals surface area contributed by atoms with E-state index in [1.165, 1.54) is 0 Å². The Labute approximate surface area is 130 Å². The van der Waals surface area contributed by atoms with Crippen molar-refractivity contribution in [1.29, 1.82) is 0 Å². The van der Waals surface area contributed by atoms with Crippen molar-refractivity contribution in [1.82, 2.24) is 4.90 Å². The van der Waals surface area contributed by atoms with Crippen LogP contribution in [0.25, 0.3) is 0 Å². The topological polar surface area (TPSA) is 66.8 Å². The number of amides is 1. The molecule has 1 aliphatic heterocycles. The van der Waals surface area contributed by atoms with Crippen LogP contribution in [0.5, 0.6) is 5.75 Å². The summed E-state index contributed by atoms with van der Waals surface area (Å²) in [6, 6.07) is 7.82. The van der Waals surface area contributed by atoms with Gasteiger partial charge in [0.2, 0.25) is 5.91 Å². The number of ether oxygens (including phenoxy) is 1. The molecule has 1 N–H and O–H groups in total. The van der Waals surface area contributed by atoms with Gasteiger partial charge in [0.25, 0.3) is 0 Å². The van der Waals surface area contributed by atoms with Crippen molar-refractivity contribution in [3.05, 3.63) is 29.8 Å². The maximum Gasteiger partial charge on any atom is 0.308 e. The van der Waals surface area contributed by atoms with E-state index >= 15 is 0 Å². The number of benzene rings is 1. The maximum absolute atomic E-state index is 12.3. The highest BCUT2D eigenvalue weighted by atomic mass is 16.5. The van der Waals surface area contributed by atoms with E-state index in [4.69, 9.17) is 9.84 Å². The molecule has 0 saturated carbocycles. The average molecular weight is 305 g/mol. The second-order valence-corrected chi connectivity index (χ2v) is 5.99. The van der Waals surface area contributed by atoms with Crippen LogP contribution in [0.2, 0.25) is 0 Å². The molecule has 1 aromatic rings. The molecule has 0 aliphatic carbocycles. The third-order valence-electron chi connectivity index (χ3n) is 4.17. The Morgan fingerprint density at radius 3 is 2.77 bits per heavy atom. The minimum Gasteiger partial charge on any atom is -0.496 e. The van der Waals surface area contributed by atoms with Crippen molar-refractivity contribution in [3.63, 3.8) is 0 Å². The van der Waals surface area contributed by atoms with Crippen LogP contribution in [0, 0.1) is 11.8 Å². The van der Waals surface area contributed by atoms with E-state index in [-0.39, 0.29) is 11.8 Å². The van der Waals surface area contributed by atoms with Crippen LogP contribution in [0.4, 0.5) is 0 Å². The highest BCUT2D eigenvalue weighted by Gasteiger charge is 2.31. The third kappa shape index (κ3) is 4.00. The van der Waals surface area contributed by atoms with Gasteiger partial charge in [-0.2, -0.15) is 0 Å². The fraction of sp³-hybridized carbons (Fsp3) is 0.529. The summed E-state index contributed by atoms with van der Waals surface area (Å²) in [6.45, 7) is 2.93. The summed E-state index contributed by atoms with van der Waals surface area (Å²) < 4.78 is 5.33. The van der Waals surface area contributed by atoms with Crippen molar-refractivity contribution in [2.45, 2.75) is 26.2 Å². The van der Waals surface area contributed by atoms with Gasteiger partial charge in [-0.05, 0) is 30.4 Å². The largest absolute Gasteiger partial charge is 0.496 e. The van der Waals surface area contributed by atoms with Crippen molar-refractivity contribution < 1.29 is 19.4 Å². The Balaban J connectivity index is 1.88. The van der Waals surface area contributed by atoms with Gasteiger partial charge in [0.1, 0.15) is 5.75 Å². The number of carbonyl (C=O) groups excluding carboxylic acids is 1. The smallest absolute Gasteiger partial charge is 0.308 e. The minimum atomic E-state index is -0.808. The van der Waals surface area contributed by atoms with E-state index in [0.29, 0.717) is 25.9 Å². The lowest BCUT2D eigenvalue weighted by molar-refractivity contribution is -0.141. The average Bonchev–Trinajstić information content (AvgIpc) is 2.98. The standard InChI is InChI=1S/C17H23NO4/c1-12(9-13-5-3-4-6-15(13)22-2)10-16(19)18-8-7-14(11-18)17(20)21/h3-6,12,14H,7-11H2,1-2H3,(H,20,21)/t12-,14+/m1/s1. The molecule has 22 heavy (non-hydrogen) atoms. The number of likely N-dealkylation sites (tertiary alicyclic amines) is 1. The first-order chi connectivity index (χ1) is 10.5. The molecular formula is C17H23NO4. The lowest BCUT2D eigenvalue weighted by atomic mass is 9.97. The second-order valence-electron chi connectivity index (χ2n) is 5.99. The van der Waals surface area contributed by atoms with E-state index in [0.717, 1.165) is 17.7 Å². The number of hydrogen-bond acceptors (Lipinski definition) is 3. The monoisotopic (exact) mass is 305 g/mol. The van der Waals surface area contributed by atoms with E-state index in [1.54, 1.807) is 12.0 Å². The van der Waals surface area contributed by atoms with E-state index in [2.05, 4.69) is 0 Å². The lowest BCUT2D eigenvalue weighted by Gasteiger charge is -2.19. The lowest BCUT2D eigenvalue weighted by Crippen LogP contribution is -2.31. The van der Waals surface area contributed by atoms with Gasteiger partial charge in [-0.1, -0.05) is 25.1 Å². The van der Waals surface area contributed by atoms with E-state index < -0.39 is 11.9 Å². The van der Waals surface area contributed by atoms with Gasteiger partial charge >= 0.3 is 5.97 Å². The molecule has 5 nitrogen and oxygen atoms in total. The van der Waals surface area contributed by atoms with Gasteiger partial charge in [0, 0.05) is 19.5 Å². The molecule has 0 radical (unpaired) electrons. The fourth-order valence-corrected chi connectivity index (χ4v) is 2.93. The first-order valence-corrected chi connectivity index (χ1v) is 7.63. The molecule has 2 atom stereocenters. The van der Waals surface area contributed by atoms with Crippen molar-refractivity contribution in [2.75, 3.05) is 20.2 Å². The SMILES string of the molecule is COc1ccccc1C[C@@H](C)CC(=O)N1CC[C@H](C(=O)O)C1. The van der Waals surface area contributed by atoms with Gasteiger partial charge in [-0.3, -0.25) is 9.59 Å². The Morgan fingerprint density at radius 2 is 2.14 bits per heavy atom. The van der Waals surface area contributed by atoms with Crippen LogP contribution >= 0.6 is 0 Å². The van der Waals surface area contributed by atoms with Crippen LogP contribution in [0.15, 0.2) is 24.3 Å². The summed E-state index contributed by atoms with van der Waals surface area (Å²) in [6.07, 6.45) is 1.76. The van der Waals surface area contributed by atoms with Crippen LogP contribution < -0.4 is 4.74 Å². The molecule has 2 rings (SSSR count). The molecule has 0 spiro atoms. The number of hydrogen-bond donors (Lipinski definition) is 1.